The van der Waals surface area contributed by atoms with Gasteiger partial charge in [0.2, 0.25) is 0 Å². The molecule has 22 heavy (non-hydrogen) atoms. The van der Waals surface area contributed by atoms with E-state index in [1.807, 2.05) is 18.3 Å². The lowest BCUT2D eigenvalue weighted by Gasteiger charge is -2.36. The van der Waals surface area contributed by atoms with Crippen molar-refractivity contribution >= 4 is 0 Å². The molecule has 3 fully saturated rings. The van der Waals surface area contributed by atoms with Crippen molar-refractivity contribution in [2.45, 2.75) is 25.4 Å². The summed E-state index contributed by atoms with van der Waals surface area (Å²) >= 11 is 0. The Balaban J connectivity index is 1.56. The van der Waals surface area contributed by atoms with Gasteiger partial charge >= 0.3 is 0 Å². The fraction of sp³-hybridized carbons (Fsp3) is 0.471. The number of benzene rings is 1. The number of hydrogen-bond donors (Lipinski definition) is 2. The highest BCUT2D eigenvalue weighted by atomic mass is 19.1. The monoisotopic (exact) mass is 300 g/mol. The summed E-state index contributed by atoms with van der Waals surface area (Å²) in [5.41, 5.74) is 3.19. The number of piperidine rings is 1. The summed E-state index contributed by atoms with van der Waals surface area (Å²) in [4.78, 5) is 2.58. The molecule has 0 radical (unpaired) electrons. The van der Waals surface area contributed by atoms with E-state index in [0.29, 0.717) is 6.04 Å². The van der Waals surface area contributed by atoms with Crippen molar-refractivity contribution in [3.8, 4) is 11.3 Å². The zero-order valence-electron chi connectivity index (χ0n) is 12.6. The van der Waals surface area contributed by atoms with Crippen LogP contribution in [0.5, 0.6) is 0 Å². The predicted molar refractivity (Wildman–Crippen MR) is 83.8 cm³/mol. The lowest BCUT2D eigenvalue weighted by atomic mass is 9.94. The molecule has 0 saturated carbocycles. The van der Waals surface area contributed by atoms with E-state index in [9.17, 15) is 4.39 Å². The maximum Gasteiger partial charge on any atom is 0.123 e. The molecule has 3 aliphatic heterocycles. The Morgan fingerprint density at radius 2 is 2.05 bits per heavy atom. The summed E-state index contributed by atoms with van der Waals surface area (Å²) in [5, 5.41) is 10.9. The van der Waals surface area contributed by atoms with Gasteiger partial charge in [-0.3, -0.25) is 10.00 Å². The van der Waals surface area contributed by atoms with Gasteiger partial charge < -0.3 is 5.32 Å². The standard InChI is InChI=1S/C17H21FN4/c18-15-4-2-13(3-5-15)17-14(8-20-21-17)11-22-10-12-1-6-16(22)9-19-7-12/h2-5,8,12,16,19H,1,6-7,9-11H2,(H,20,21)/t12-,16+/m1/s1. The minimum atomic E-state index is -0.208. The second kappa shape index (κ2) is 5.82. The Hall–Kier alpha value is -1.72. The first-order chi connectivity index (χ1) is 10.8. The van der Waals surface area contributed by atoms with Crippen LogP contribution in [0.4, 0.5) is 4.39 Å². The molecule has 0 amide bonds. The van der Waals surface area contributed by atoms with Gasteiger partial charge in [0.1, 0.15) is 5.82 Å². The van der Waals surface area contributed by atoms with Gasteiger partial charge in [-0.05, 0) is 49.6 Å². The lowest BCUT2D eigenvalue weighted by Crippen LogP contribution is -2.43. The van der Waals surface area contributed by atoms with Crippen LogP contribution in [0.3, 0.4) is 0 Å². The molecule has 5 heteroatoms. The Morgan fingerprint density at radius 1 is 1.18 bits per heavy atom. The van der Waals surface area contributed by atoms with Crippen molar-refractivity contribution in [3.05, 3.63) is 41.8 Å². The van der Waals surface area contributed by atoms with Crippen molar-refractivity contribution < 1.29 is 4.39 Å². The number of H-pyrrole nitrogens is 1. The van der Waals surface area contributed by atoms with Crippen LogP contribution in [0.25, 0.3) is 11.3 Å². The minimum absolute atomic E-state index is 0.208. The third kappa shape index (κ3) is 2.66. The van der Waals surface area contributed by atoms with Crippen LogP contribution in [0.1, 0.15) is 18.4 Å². The fourth-order valence-electron chi connectivity index (χ4n) is 3.74. The maximum atomic E-state index is 13.1. The highest BCUT2D eigenvalue weighted by Crippen LogP contribution is 2.28. The molecule has 2 aromatic rings. The minimum Gasteiger partial charge on any atom is -0.315 e. The topological polar surface area (TPSA) is 44.0 Å². The van der Waals surface area contributed by atoms with Crippen LogP contribution in [0.2, 0.25) is 0 Å². The molecule has 5 rings (SSSR count). The molecule has 2 atom stereocenters. The highest BCUT2D eigenvalue weighted by molar-refractivity contribution is 5.62. The van der Waals surface area contributed by atoms with E-state index in [2.05, 4.69) is 20.4 Å². The number of halogens is 1. The van der Waals surface area contributed by atoms with Gasteiger partial charge in [-0.15, -0.1) is 0 Å². The molecular formula is C17H21FN4. The van der Waals surface area contributed by atoms with Crippen molar-refractivity contribution in [3.63, 3.8) is 0 Å². The molecule has 1 aromatic heterocycles. The zero-order valence-corrected chi connectivity index (χ0v) is 12.6. The van der Waals surface area contributed by atoms with Gasteiger partial charge in [0.25, 0.3) is 0 Å². The van der Waals surface area contributed by atoms with E-state index >= 15 is 0 Å². The van der Waals surface area contributed by atoms with Gasteiger partial charge in [0.05, 0.1) is 11.9 Å². The molecule has 3 aliphatic rings. The molecule has 116 valence electrons. The summed E-state index contributed by atoms with van der Waals surface area (Å²) in [6, 6.07) is 7.23. The van der Waals surface area contributed by atoms with Gasteiger partial charge in [-0.25, -0.2) is 4.39 Å². The molecule has 2 bridgehead atoms. The number of hydrogen-bond acceptors (Lipinski definition) is 3. The second-order valence-corrected chi connectivity index (χ2v) is 6.46. The Morgan fingerprint density at radius 3 is 2.91 bits per heavy atom. The van der Waals surface area contributed by atoms with Gasteiger partial charge in [-0.2, -0.15) is 5.10 Å². The first kappa shape index (κ1) is 13.9. The molecule has 0 spiro atoms. The highest BCUT2D eigenvalue weighted by Gasteiger charge is 2.31. The summed E-state index contributed by atoms with van der Waals surface area (Å²) in [6.07, 6.45) is 4.52. The van der Waals surface area contributed by atoms with E-state index < -0.39 is 0 Å². The first-order valence-corrected chi connectivity index (χ1v) is 8.02. The smallest absolute Gasteiger partial charge is 0.123 e. The molecular weight excluding hydrogens is 279 g/mol. The summed E-state index contributed by atoms with van der Waals surface area (Å²) in [5.74, 6) is 0.556. The van der Waals surface area contributed by atoms with Crippen molar-refractivity contribution in [2.75, 3.05) is 19.6 Å². The predicted octanol–water partition coefficient (Wildman–Crippen LogP) is 2.40. The average molecular weight is 300 g/mol. The molecule has 0 unspecified atom stereocenters. The van der Waals surface area contributed by atoms with Crippen molar-refractivity contribution in [2.24, 2.45) is 5.92 Å². The second-order valence-electron chi connectivity index (χ2n) is 6.46. The van der Waals surface area contributed by atoms with Crippen molar-refractivity contribution in [1.29, 1.82) is 0 Å². The van der Waals surface area contributed by atoms with E-state index in [1.165, 1.54) is 30.5 Å². The van der Waals surface area contributed by atoms with Gasteiger partial charge in [0.15, 0.2) is 0 Å². The molecule has 1 aromatic carbocycles. The molecule has 4 heterocycles. The zero-order chi connectivity index (χ0) is 14.9. The van der Waals surface area contributed by atoms with Gasteiger partial charge in [-0.1, -0.05) is 0 Å². The van der Waals surface area contributed by atoms with Crippen LogP contribution < -0.4 is 5.32 Å². The van der Waals surface area contributed by atoms with E-state index in [4.69, 9.17) is 0 Å². The Labute approximate surface area is 129 Å². The van der Waals surface area contributed by atoms with E-state index in [-0.39, 0.29) is 5.82 Å². The van der Waals surface area contributed by atoms with Crippen LogP contribution >= 0.6 is 0 Å². The van der Waals surface area contributed by atoms with Crippen LogP contribution in [0.15, 0.2) is 30.5 Å². The molecule has 2 N–H and O–H groups in total. The third-order valence-electron chi connectivity index (χ3n) is 4.95. The molecule has 3 saturated heterocycles. The number of fused-ring (bicyclic) bond motifs is 4. The average Bonchev–Trinajstić information content (AvgIpc) is 2.76. The number of nitrogens with zero attached hydrogens (tertiary/aromatic N) is 2. The SMILES string of the molecule is Fc1ccc(-c2[nH]ncc2CN2C[C@@H]3CC[C@H]2CNC3)cc1. The first-order valence-electron chi connectivity index (χ1n) is 8.02. The third-order valence-corrected chi connectivity index (χ3v) is 4.95. The van der Waals surface area contributed by atoms with Crippen molar-refractivity contribution in [1.82, 2.24) is 20.4 Å². The Kier molecular flexibility index (Phi) is 3.68. The quantitative estimate of drug-likeness (QED) is 0.915. The number of nitrogens with one attached hydrogen (secondary N) is 2. The number of aromatic nitrogens is 2. The van der Waals surface area contributed by atoms with Crippen LogP contribution in [0, 0.1) is 11.7 Å². The summed E-state index contributed by atoms with van der Waals surface area (Å²) < 4.78 is 13.1. The fourth-order valence-corrected chi connectivity index (χ4v) is 3.74. The largest absolute Gasteiger partial charge is 0.315 e. The van der Waals surface area contributed by atoms with E-state index in [1.54, 1.807) is 0 Å². The normalized spacial score (nSPS) is 25.3. The molecule has 4 nitrogen and oxygen atoms in total. The van der Waals surface area contributed by atoms with Crippen LogP contribution in [-0.4, -0.2) is 40.8 Å². The Bertz CT molecular complexity index is 632. The number of aromatic amines is 1. The lowest BCUT2D eigenvalue weighted by molar-refractivity contribution is 0.126. The molecule has 0 aliphatic carbocycles. The number of rotatable bonds is 3. The summed E-state index contributed by atoms with van der Waals surface area (Å²) in [6.45, 7) is 4.29. The van der Waals surface area contributed by atoms with E-state index in [0.717, 1.165) is 43.4 Å². The van der Waals surface area contributed by atoms with Crippen LogP contribution in [-0.2, 0) is 6.54 Å². The summed E-state index contributed by atoms with van der Waals surface area (Å²) in [7, 11) is 0. The maximum absolute atomic E-state index is 13.1. The van der Waals surface area contributed by atoms with Gasteiger partial charge in [0, 0.05) is 36.8 Å².